The van der Waals surface area contributed by atoms with Gasteiger partial charge in [0.05, 0.1) is 17.8 Å². The maximum Gasteiger partial charge on any atom is 0.416 e. The topological polar surface area (TPSA) is 520 Å². The van der Waals surface area contributed by atoms with E-state index in [9.17, 15) is 80.9 Å². The molecule has 3 rings (SSSR count). The Morgan fingerprint density at radius 3 is 1.48 bits per heavy atom. The Morgan fingerprint density at radius 2 is 1.00 bits per heavy atom. The number of amides is 12. The molecule has 12 amide bonds. The molecule has 1 aliphatic rings. The number of aliphatic hydroxyl groups excluding tert-OH is 2. The third-order valence-electron chi connectivity index (χ3n) is 14.6. The third kappa shape index (κ3) is 26.6. The number of nitrogens with one attached hydrogen (secondary N) is 12. The van der Waals surface area contributed by atoms with E-state index in [4.69, 9.17) is 28.7 Å². The van der Waals surface area contributed by atoms with Crippen LogP contribution in [0.1, 0.15) is 96.3 Å². The molecule has 2 aromatic rings. The molecule has 1 saturated heterocycles. The molecule has 31 nitrogen and oxygen atoms in total. The minimum atomic E-state index is -4.66. The molecule has 24 N–H and O–H groups in total. The van der Waals surface area contributed by atoms with Gasteiger partial charge in [-0.3, -0.25) is 57.5 Å². The van der Waals surface area contributed by atoms with Crippen LogP contribution in [0.15, 0.2) is 54.6 Å². The fourth-order valence-corrected chi connectivity index (χ4v) is 9.66. The molecule has 0 aromatic heterocycles. The maximum absolute atomic E-state index is 14.6. The largest absolute Gasteiger partial charge is 0.416 e. The standard InChI is InChI=1S/C59H92F3N17O14/c1-30(2)27-43-54(89)72-37(15-21-63)48(83)71-40(18-24-66)52(87)78-46(31(3)80)57(92)68-26-20-42(51(86)70-38(16-22-64)50(85)77-45(56(91)76-43)28-34-9-7-6-8-10-34)74-49(84)39(17-23-65)75-58(93)47(32(4)81)79-53(88)41(19-25-67)73-55(90)44(69-33(5)82)29-35-11-13-36(14-12-35)59(60,61)62/h6-14,30-32,37-47,80-81H,15-29,63-67H2,1-5H3,(H,68,92)(H,69,82)(H,70,86)(H,71,83)(H,72,89)(H,73,90)(H,74,84)(H,75,93)(H,76,91)(H,77,85)(H,78,87)(H,79,88)/t31-,32+,37+,38-,39+,40+,41+,42+,43+,44-,45-,46+,47+/m1/s1. The van der Waals surface area contributed by atoms with Crippen LogP contribution in [-0.4, -0.2) is 199 Å². The number of halogens is 3. The molecule has 1 fully saturated rings. The summed E-state index contributed by atoms with van der Waals surface area (Å²) < 4.78 is 39.8. The van der Waals surface area contributed by atoms with Crippen molar-refractivity contribution in [3.63, 3.8) is 0 Å². The number of rotatable bonds is 27. The van der Waals surface area contributed by atoms with E-state index in [1.807, 2.05) is 0 Å². The van der Waals surface area contributed by atoms with Crippen LogP contribution in [0.3, 0.4) is 0 Å². The zero-order valence-electron chi connectivity index (χ0n) is 52.7. The fraction of sp³-hybridized carbons (Fsp3) is 0.593. The molecule has 1 aliphatic heterocycles. The first-order valence-electron chi connectivity index (χ1n) is 30.5. The van der Waals surface area contributed by atoms with Crippen molar-refractivity contribution in [1.82, 2.24) is 63.8 Å². The molecule has 0 unspecified atom stereocenters. The maximum atomic E-state index is 14.6. The lowest BCUT2D eigenvalue weighted by Crippen LogP contribution is -2.62. The van der Waals surface area contributed by atoms with Crippen molar-refractivity contribution in [3.05, 3.63) is 71.3 Å². The van der Waals surface area contributed by atoms with Crippen molar-refractivity contribution < 1.29 is 80.9 Å². The highest BCUT2D eigenvalue weighted by Gasteiger charge is 2.39. The summed E-state index contributed by atoms with van der Waals surface area (Å²) in [6.07, 6.45) is -10.4. The average molecular weight is 1320 g/mol. The molecule has 1 heterocycles. The molecule has 0 aliphatic carbocycles. The first-order valence-corrected chi connectivity index (χ1v) is 30.5. The van der Waals surface area contributed by atoms with Gasteiger partial charge in [0.15, 0.2) is 0 Å². The monoisotopic (exact) mass is 1320 g/mol. The molecule has 0 spiro atoms. The van der Waals surface area contributed by atoms with E-state index >= 15 is 0 Å². The van der Waals surface area contributed by atoms with Gasteiger partial charge in [0.1, 0.15) is 66.5 Å². The summed E-state index contributed by atoms with van der Waals surface area (Å²) in [6.45, 7) is 5.19. The number of aliphatic hydroxyl groups is 2. The Bertz CT molecular complexity index is 2840. The predicted octanol–water partition coefficient (Wildman–Crippen LogP) is -6.09. The molecule has 0 bridgehead atoms. The second-order valence-corrected chi connectivity index (χ2v) is 22.9. The van der Waals surface area contributed by atoms with Crippen molar-refractivity contribution in [2.45, 2.75) is 177 Å². The highest BCUT2D eigenvalue weighted by molar-refractivity contribution is 5.99. The average Bonchev–Trinajstić information content (AvgIpc) is 1.37. The van der Waals surface area contributed by atoms with Crippen LogP contribution in [-0.2, 0) is 76.6 Å². The van der Waals surface area contributed by atoms with Gasteiger partial charge in [-0.2, -0.15) is 13.2 Å². The van der Waals surface area contributed by atoms with Crippen molar-refractivity contribution in [2.24, 2.45) is 34.6 Å². The van der Waals surface area contributed by atoms with Crippen molar-refractivity contribution in [3.8, 4) is 0 Å². The van der Waals surface area contributed by atoms with Gasteiger partial charge >= 0.3 is 6.18 Å². The van der Waals surface area contributed by atoms with E-state index in [-0.39, 0.29) is 95.6 Å². The molecule has 34 heteroatoms. The summed E-state index contributed by atoms with van der Waals surface area (Å²) in [6, 6.07) is -5.13. The normalized spacial score (nSPS) is 22.0. The number of hydrogen-bond acceptors (Lipinski definition) is 19. The zero-order chi connectivity index (χ0) is 69.7. The highest BCUT2D eigenvalue weighted by Crippen LogP contribution is 2.29. The summed E-state index contributed by atoms with van der Waals surface area (Å²) >= 11 is 0. The van der Waals surface area contributed by atoms with Crippen LogP contribution in [0.5, 0.6) is 0 Å². The number of hydrogen-bond donors (Lipinski definition) is 19. The van der Waals surface area contributed by atoms with E-state index in [1.54, 1.807) is 44.2 Å². The smallest absolute Gasteiger partial charge is 0.391 e. The van der Waals surface area contributed by atoms with Gasteiger partial charge in [0.25, 0.3) is 0 Å². The molecule has 2 aromatic carbocycles. The molecular weight excluding hydrogens is 1230 g/mol. The number of carbonyl (C=O) groups excluding carboxylic acids is 12. The zero-order valence-corrected chi connectivity index (χ0v) is 52.7. The summed E-state index contributed by atoms with van der Waals surface area (Å²) in [5.41, 5.74) is 29.1. The summed E-state index contributed by atoms with van der Waals surface area (Å²) in [5.74, 6) is -12.1. The van der Waals surface area contributed by atoms with Crippen LogP contribution in [0.2, 0.25) is 0 Å². The van der Waals surface area contributed by atoms with Crippen molar-refractivity contribution >= 4 is 70.9 Å². The number of carbonyl (C=O) groups is 12. The summed E-state index contributed by atoms with van der Waals surface area (Å²) in [7, 11) is 0. The Balaban J connectivity index is 2.07. The minimum Gasteiger partial charge on any atom is -0.391 e. The lowest BCUT2D eigenvalue weighted by molar-refractivity contribution is -0.137. The predicted molar refractivity (Wildman–Crippen MR) is 331 cm³/mol. The van der Waals surface area contributed by atoms with Gasteiger partial charge in [-0.25, -0.2) is 0 Å². The van der Waals surface area contributed by atoms with E-state index in [0.29, 0.717) is 5.56 Å². The van der Waals surface area contributed by atoms with E-state index in [2.05, 4.69) is 63.8 Å². The van der Waals surface area contributed by atoms with Crippen molar-refractivity contribution in [2.75, 3.05) is 39.3 Å². The van der Waals surface area contributed by atoms with Gasteiger partial charge in [-0.05, 0) is 121 Å². The summed E-state index contributed by atoms with van der Waals surface area (Å²) in [4.78, 5) is 167. The van der Waals surface area contributed by atoms with Gasteiger partial charge in [-0.15, -0.1) is 0 Å². The molecular formula is C59H92F3N17O14. The summed E-state index contributed by atoms with van der Waals surface area (Å²) in [5, 5.41) is 51.4. The molecule has 0 saturated carbocycles. The van der Waals surface area contributed by atoms with E-state index in [0.717, 1.165) is 45.0 Å². The van der Waals surface area contributed by atoms with Crippen molar-refractivity contribution in [1.29, 1.82) is 0 Å². The highest BCUT2D eigenvalue weighted by atomic mass is 19.4. The number of alkyl halides is 3. The SMILES string of the molecule is CC(=O)N[C@H](Cc1ccc(C(F)(F)F)cc1)C(=O)N[C@@H](CCN)C(=O)N[C@H](C(=O)N[C@@H](CCN)C(=O)N[C@H]1CCNC(=O)[C@H]([C@@H](C)O)NC(=O)[C@H](CCN)NC(=O)[C@H](CCN)NC(=O)[C@H](CC(C)C)NC(=O)[C@@H](Cc2ccccc2)NC(=O)[C@@H](CCN)NC1=O)[C@H](C)O. The third-order valence-corrected chi connectivity index (χ3v) is 14.6. The van der Waals surface area contributed by atoms with Crippen LogP contribution in [0, 0.1) is 5.92 Å². The number of nitrogens with two attached hydrogens (primary N) is 5. The Kier molecular flexibility index (Phi) is 33.2. The quantitative estimate of drug-likeness (QED) is 0.0396. The molecule has 93 heavy (non-hydrogen) atoms. The van der Waals surface area contributed by atoms with Gasteiger partial charge in [0, 0.05) is 26.3 Å². The van der Waals surface area contributed by atoms with Crippen LogP contribution >= 0.6 is 0 Å². The van der Waals surface area contributed by atoms with E-state index < -0.39 is 174 Å². The first kappa shape index (κ1) is 78.8. The molecule has 518 valence electrons. The Labute approximate surface area is 536 Å². The second-order valence-electron chi connectivity index (χ2n) is 22.9. The minimum absolute atomic E-state index is 0.0109. The Hall–Kier alpha value is -8.41. The van der Waals surface area contributed by atoms with E-state index in [1.165, 1.54) is 0 Å². The fourth-order valence-electron chi connectivity index (χ4n) is 9.66. The van der Waals surface area contributed by atoms with Gasteiger partial charge < -0.3 is 103 Å². The first-order chi connectivity index (χ1) is 43.9. The van der Waals surface area contributed by atoms with Crippen LogP contribution in [0.4, 0.5) is 13.2 Å². The van der Waals surface area contributed by atoms with Crippen LogP contribution in [0.25, 0.3) is 0 Å². The second kappa shape index (κ2) is 39.2. The lowest BCUT2D eigenvalue weighted by atomic mass is 10.00. The molecule has 13 atom stereocenters. The Morgan fingerprint density at radius 1 is 0.538 bits per heavy atom. The van der Waals surface area contributed by atoms with Gasteiger partial charge in [0.2, 0.25) is 70.9 Å². The van der Waals surface area contributed by atoms with Gasteiger partial charge in [-0.1, -0.05) is 56.3 Å². The lowest BCUT2D eigenvalue weighted by Gasteiger charge is -2.29. The van der Waals surface area contributed by atoms with Crippen LogP contribution < -0.4 is 92.5 Å². The molecule has 0 radical (unpaired) electrons. The number of benzene rings is 2.